The van der Waals surface area contributed by atoms with Crippen molar-refractivity contribution in [2.75, 3.05) is 13.2 Å². The number of aryl methyl sites for hydroxylation is 1. The summed E-state index contributed by atoms with van der Waals surface area (Å²) in [6.07, 6.45) is 5.33. The molecule has 1 aromatic heterocycles. The molecule has 5 heteroatoms. The molecule has 2 rings (SSSR count). The molecule has 0 saturated carbocycles. The molecule has 0 aromatic carbocycles. The normalized spacial score (nSPS) is 17.4. The Labute approximate surface area is 106 Å². The first kappa shape index (κ1) is 12.5. The van der Waals surface area contributed by atoms with E-state index in [-0.39, 0.29) is 6.04 Å². The van der Waals surface area contributed by atoms with Gasteiger partial charge in [0, 0.05) is 0 Å². The lowest BCUT2D eigenvalue weighted by atomic mass is 10.1. The van der Waals surface area contributed by atoms with Gasteiger partial charge in [-0.1, -0.05) is 18.3 Å². The number of likely N-dealkylation sites (N-methyl/N-ethyl adjacent to an activating group) is 1. The molecule has 0 saturated heterocycles. The van der Waals surface area contributed by atoms with Crippen molar-refractivity contribution < 1.29 is 4.74 Å². The van der Waals surface area contributed by atoms with Crippen LogP contribution in [0, 0.1) is 0 Å². The summed E-state index contributed by atoms with van der Waals surface area (Å²) in [7, 11) is 0. The second-order valence-electron chi connectivity index (χ2n) is 4.03. The number of allylic oxidation sites excluding steroid dienone is 1. The summed E-state index contributed by atoms with van der Waals surface area (Å²) in [5.74, 6) is 1.04. The molecule has 1 unspecified atom stereocenters. The van der Waals surface area contributed by atoms with Gasteiger partial charge in [0.15, 0.2) is 0 Å². The van der Waals surface area contributed by atoms with E-state index >= 15 is 0 Å². The average molecular weight is 253 g/mol. The fourth-order valence-electron chi connectivity index (χ4n) is 1.98. The lowest BCUT2D eigenvalue weighted by Crippen LogP contribution is -2.25. The summed E-state index contributed by atoms with van der Waals surface area (Å²) in [5.41, 5.74) is 1.08. The maximum absolute atomic E-state index is 5.77. The van der Waals surface area contributed by atoms with Gasteiger partial charge >= 0.3 is 0 Å². The van der Waals surface area contributed by atoms with Crippen LogP contribution in [0.1, 0.15) is 43.3 Å². The smallest absolute Gasteiger partial charge is 0.114 e. The minimum absolute atomic E-state index is 0.134. The van der Waals surface area contributed by atoms with Crippen LogP contribution in [0.5, 0.6) is 0 Å². The van der Waals surface area contributed by atoms with E-state index in [4.69, 9.17) is 4.74 Å². The zero-order valence-corrected chi connectivity index (χ0v) is 11.2. The minimum Gasteiger partial charge on any atom is -0.496 e. The monoisotopic (exact) mass is 253 g/mol. The quantitative estimate of drug-likeness (QED) is 0.875. The van der Waals surface area contributed by atoms with Crippen LogP contribution in [0.2, 0.25) is 0 Å². The summed E-state index contributed by atoms with van der Waals surface area (Å²) in [6, 6.07) is 0.134. The standard InChI is InChI=1S/C12H19N3OS/c1-3-9-12(17-15-14-9)11(13-4-2)10-7-5-6-8-16-10/h7,11,13H,3-6,8H2,1-2H3. The van der Waals surface area contributed by atoms with E-state index in [1.165, 1.54) is 16.4 Å². The number of rotatable bonds is 5. The zero-order valence-electron chi connectivity index (χ0n) is 10.4. The number of hydrogen-bond acceptors (Lipinski definition) is 5. The Kier molecular flexibility index (Phi) is 4.50. The highest BCUT2D eigenvalue weighted by Gasteiger charge is 2.24. The second-order valence-corrected chi connectivity index (χ2v) is 4.81. The zero-order chi connectivity index (χ0) is 12.1. The van der Waals surface area contributed by atoms with E-state index in [1.54, 1.807) is 0 Å². The maximum Gasteiger partial charge on any atom is 0.114 e. The molecule has 0 fully saturated rings. The Morgan fingerprint density at radius 3 is 3.06 bits per heavy atom. The molecule has 17 heavy (non-hydrogen) atoms. The summed E-state index contributed by atoms with van der Waals surface area (Å²) in [4.78, 5) is 1.20. The Morgan fingerprint density at radius 1 is 1.53 bits per heavy atom. The Balaban J connectivity index is 2.24. The molecule has 4 nitrogen and oxygen atoms in total. The van der Waals surface area contributed by atoms with Gasteiger partial charge in [0.1, 0.15) is 11.8 Å². The van der Waals surface area contributed by atoms with Crippen LogP contribution in [-0.4, -0.2) is 22.7 Å². The number of aromatic nitrogens is 2. The lowest BCUT2D eigenvalue weighted by molar-refractivity contribution is 0.168. The van der Waals surface area contributed by atoms with Gasteiger partial charge in [-0.2, -0.15) is 0 Å². The SMILES string of the molecule is CCNC(C1=CCCCO1)c1snnc1CC. The van der Waals surface area contributed by atoms with E-state index in [9.17, 15) is 0 Å². The molecule has 0 amide bonds. The predicted octanol–water partition coefficient (Wildman–Crippen LogP) is 2.45. The van der Waals surface area contributed by atoms with Crippen molar-refractivity contribution in [1.29, 1.82) is 0 Å². The number of hydrogen-bond donors (Lipinski definition) is 1. The summed E-state index contributed by atoms with van der Waals surface area (Å²) < 4.78 is 9.83. The van der Waals surface area contributed by atoms with Crippen molar-refractivity contribution >= 4 is 11.5 Å². The molecule has 0 bridgehead atoms. The van der Waals surface area contributed by atoms with Gasteiger partial charge in [-0.05, 0) is 43.4 Å². The van der Waals surface area contributed by atoms with E-state index in [0.717, 1.165) is 43.9 Å². The summed E-state index contributed by atoms with van der Waals surface area (Å²) in [6.45, 7) is 5.95. The van der Waals surface area contributed by atoms with Crippen molar-refractivity contribution in [3.05, 3.63) is 22.4 Å². The van der Waals surface area contributed by atoms with Crippen molar-refractivity contribution in [2.24, 2.45) is 0 Å². The predicted molar refractivity (Wildman–Crippen MR) is 69.0 cm³/mol. The number of nitrogens with zero attached hydrogens (tertiary/aromatic N) is 2. The Hall–Kier alpha value is -0.940. The molecule has 1 N–H and O–H groups in total. The lowest BCUT2D eigenvalue weighted by Gasteiger charge is -2.23. The van der Waals surface area contributed by atoms with Gasteiger partial charge in [0.05, 0.1) is 17.2 Å². The van der Waals surface area contributed by atoms with Crippen LogP contribution in [0.4, 0.5) is 0 Å². The molecule has 1 aliphatic heterocycles. The Morgan fingerprint density at radius 2 is 2.41 bits per heavy atom. The van der Waals surface area contributed by atoms with E-state index in [2.05, 4.69) is 34.8 Å². The first-order valence-corrected chi connectivity index (χ1v) is 7.01. The van der Waals surface area contributed by atoms with Crippen LogP contribution < -0.4 is 5.32 Å². The van der Waals surface area contributed by atoms with Gasteiger partial charge in [0.25, 0.3) is 0 Å². The molecule has 94 valence electrons. The highest BCUT2D eigenvalue weighted by Crippen LogP contribution is 2.30. The molecule has 2 heterocycles. The van der Waals surface area contributed by atoms with E-state index in [0.29, 0.717) is 0 Å². The van der Waals surface area contributed by atoms with Crippen LogP contribution in [-0.2, 0) is 11.2 Å². The molecule has 0 spiro atoms. The minimum atomic E-state index is 0.134. The van der Waals surface area contributed by atoms with Gasteiger partial charge < -0.3 is 10.1 Å². The largest absolute Gasteiger partial charge is 0.496 e. The van der Waals surface area contributed by atoms with Crippen LogP contribution in [0.3, 0.4) is 0 Å². The molecule has 0 radical (unpaired) electrons. The first-order chi connectivity index (χ1) is 8.36. The van der Waals surface area contributed by atoms with Crippen LogP contribution in [0.25, 0.3) is 0 Å². The number of ether oxygens (including phenoxy) is 1. The fraction of sp³-hybridized carbons (Fsp3) is 0.667. The molecular formula is C12H19N3OS. The molecular weight excluding hydrogens is 234 g/mol. The third-order valence-corrected chi connectivity index (χ3v) is 3.67. The van der Waals surface area contributed by atoms with E-state index < -0.39 is 0 Å². The van der Waals surface area contributed by atoms with E-state index in [1.807, 2.05) is 0 Å². The van der Waals surface area contributed by atoms with Gasteiger partial charge in [-0.3, -0.25) is 0 Å². The topological polar surface area (TPSA) is 47.0 Å². The average Bonchev–Trinajstić information content (AvgIpc) is 2.85. The highest BCUT2D eigenvalue weighted by atomic mass is 32.1. The van der Waals surface area contributed by atoms with Crippen LogP contribution >= 0.6 is 11.5 Å². The fourth-order valence-corrected chi connectivity index (χ4v) is 2.81. The van der Waals surface area contributed by atoms with Crippen molar-refractivity contribution in [2.45, 2.75) is 39.2 Å². The first-order valence-electron chi connectivity index (χ1n) is 6.24. The summed E-state index contributed by atoms with van der Waals surface area (Å²) in [5, 5.41) is 7.64. The third-order valence-electron chi connectivity index (χ3n) is 2.84. The van der Waals surface area contributed by atoms with Crippen molar-refractivity contribution in [1.82, 2.24) is 14.9 Å². The van der Waals surface area contributed by atoms with Gasteiger partial charge in [0.2, 0.25) is 0 Å². The molecule has 1 aromatic rings. The second kappa shape index (κ2) is 6.12. The molecule has 1 aliphatic rings. The molecule has 0 aliphatic carbocycles. The van der Waals surface area contributed by atoms with Gasteiger partial charge in [-0.15, -0.1) is 5.10 Å². The summed E-state index contributed by atoms with van der Waals surface area (Å²) >= 11 is 1.47. The van der Waals surface area contributed by atoms with Crippen molar-refractivity contribution in [3.8, 4) is 0 Å². The molecule has 1 atom stereocenters. The maximum atomic E-state index is 5.77. The van der Waals surface area contributed by atoms with Crippen molar-refractivity contribution in [3.63, 3.8) is 0 Å². The van der Waals surface area contributed by atoms with Crippen LogP contribution in [0.15, 0.2) is 11.8 Å². The third kappa shape index (κ3) is 2.84. The Bertz CT molecular complexity index is 389. The highest BCUT2D eigenvalue weighted by molar-refractivity contribution is 7.05. The number of nitrogens with one attached hydrogen (secondary N) is 1. The van der Waals surface area contributed by atoms with Gasteiger partial charge in [-0.25, -0.2) is 0 Å².